The topological polar surface area (TPSA) is 92.9 Å². The molecule has 1 saturated carbocycles. The number of hydrogen-bond donors (Lipinski definition) is 2. The number of hydrogen-bond acceptors (Lipinski definition) is 7. The number of thioether (sulfide) groups is 1. The number of pyridine rings is 1. The van der Waals surface area contributed by atoms with Crippen LogP contribution >= 0.6 is 23.4 Å². The first-order valence-electron chi connectivity index (χ1n) is 13.7. The van der Waals surface area contributed by atoms with Gasteiger partial charge in [-0.3, -0.25) is 14.5 Å². The number of fused-ring (bicyclic) bond motifs is 1. The Bertz CT molecular complexity index is 1280. The number of rotatable bonds is 7. The maximum Gasteiger partial charge on any atom is 0.254 e. The molecule has 0 bridgehead atoms. The largest absolute Gasteiger partial charge is 0.484 e. The fraction of sp³-hybridized carbons (Fsp3) is 0.586. The van der Waals surface area contributed by atoms with E-state index >= 15 is 0 Å². The van der Waals surface area contributed by atoms with Gasteiger partial charge in [-0.15, -0.1) is 11.8 Å². The number of nitrogens with one attached hydrogen (secondary N) is 2. The summed E-state index contributed by atoms with van der Waals surface area (Å²) in [6, 6.07) is 4.14. The van der Waals surface area contributed by atoms with Gasteiger partial charge in [-0.05, 0) is 70.3 Å². The van der Waals surface area contributed by atoms with E-state index in [0.717, 1.165) is 55.8 Å². The van der Waals surface area contributed by atoms with Crippen LogP contribution in [0.3, 0.4) is 0 Å². The Balaban J connectivity index is 1.25. The first-order chi connectivity index (χ1) is 18.8. The first kappa shape index (κ1) is 28.3. The highest BCUT2D eigenvalue weighted by Crippen LogP contribution is 2.45. The SMILES string of the molecule is CO[C@H]1CCN(C2CCC([C@H]3COc4c(Cl)cc(C(=O)NCc5c(SC)cc(C)[nH]c5=O)c(C)c4O3)CC2)C1. The monoisotopic (exact) mass is 575 g/mol. The molecule has 2 aromatic rings. The Morgan fingerprint density at radius 3 is 2.67 bits per heavy atom. The zero-order valence-electron chi connectivity index (χ0n) is 23.1. The van der Waals surface area contributed by atoms with Gasteiger partial charge in [0.2, 0.25) is 0 Å². The molecule has 1 amide bonds. The highest BCUT2D eigenvalue weighted by molar-refractivity contribution is 7.98. The standard InChI is InChI=1S/C29H38ClN3O5S/c1-16-11-25(39-4)22(29(35)32-16)13-31-28(34)21-12-23(30)27-26(17(21)2)38-24(15-37-27)18-5-7-19(8-6-18)33-10-9-20(14-33)36-3/h11-12,18-20,24H,5-10,13-15H2,1-4H3,(H,31,34)(H,32,35)/t18?,19?,20-,24+/m0/s1. The van der Waals surface area contributed by atoms with E-state index in [1.165, 1.54) is 11.8 Å². The maximum atomic E-state index is 13.2. The number of nitrogens with zero attached hydrogens (tertiary/aromatic N) is 1. The highest BCUT2D eigenvalue weighted by Gasteiger charge is 2.37. The summed E-state index contributed by atoms with van der Waals surface area (Å²) in [6.45, 7) is 6.41. The summed E-state index contributed by atoms with van der Waals surface area (Å²) < 4.78 is 18.2. The number of carbonyl (C=O) groups is 1. The average molecular weight is 576 g/mol. The van der Waals surface area contributed by atoms with Gasteiger partial charge in [-0.2, -0.15) is 0 Å². The van der Waals surface area contributed by atoms with Gasteiger partial charge in [-0.1, -0.05) is 11.6 Å². The molecule has 212 valence electrons. The molecule has 2 aliphatic heterocycles. The number of carbonyl (C=O) groups excluding carboxylic acids is 1. The number of aromatic amines is 1. The number of aromatic nitrogens is 1. The molecule has 2 fully saturated rings. The zero-order chi connectivity index (χ0) is 27.7. The van der Waals surface area contributed by atoms with Gasteiger partial charge in [0.15, 0.2) is 11.5 Å². The van der Waals surface area contributed by atoms with E-state index < -0.39 is 0 Å². The number of halogens is 1. The number of amides is 1. The molecule has 0 spiro atoms. The first-order valence-corrected chi connectivity index (χ1v) is 15.3. The fourth-order valence-electron chi connectivity index (χ4n) is 6.21. The molecular weight excluding hydrogens is 538 g/mol. The van der Waals surface area contributed by atoms with Crippen molar-refractivity contribution in [1.29, 1.82) is 0 Å². The van der Waals surface area contributed by atoms with Crippen LogP contribution in [0.25, 0.3) is 0 Å². The van der Waals surface area contributed by atoms with Crippen LogP contribution in [-0.4, -0.2) is 67.1 Å². The van der Waals surface area contributed by atoms with E-state index in [0.29, 0.717) is 57.9 Å². The maximum absolute atomic E-state index is 13.2. The molecule has 2 N–H and O–H groups in total. The van der Waals surface area contributed by atoms with Crippen LogP contribution in [0.4, 0.5) is 0 Å². The second-order valence-corrected chi connectivity index (χ2v) is 12.1. The van der Waals surface area contributed by atoms with Crippen LogP contribution in [-0.2, 0) is 11.3 Å². The van der Waals surface area contributed by atoms with Crippen LogP contribution in [0.5, 0.6) is 11.5 Å². The predicted molar refractivity (Wildman–Crippen MR) is 154 cm³/mol. The highest BCUT2D eigenvalue weighted by atomic mass is 35.5. The molecule has 1 saturated heterocycles. The van der Waals surface area contributed by atoms with Crippen molar-refractivity contribution in [1.82, 2.24) is 15.2 Å². The molecule has 1 aliphatic carbocycles. The minimum Gasteiger partial charge on any atom is -0.484 e. The summed E-state index contributed by atoms with van der Waals surface area (Å²) in [7, 11) is 1.80. The Morgan fingerprint density at radius 2 is 1.97 bits per heavy atom. The van der Waals surface area contributed by atoms with Crippen molar-refractivity contribution in [3.8, 4) is 11.5 Å². The number of ether oxygens (including phenoxy) is 3. The lowest BCUT2D eigenvalue weighted by Crippen LogP contribution is -2.43. The molecular formula is C29H38ClN3O5S. The number of methoxy groups -OCH3 is 1. The molecule has 3 aliphatic rings. The van der Waals surface area contributed by atoms with Crippen molar-refractivity contribution in [2.24, 2.45) is 5.92 Å². The third-order valence-corrected chi connectivity index (χ3v) is 9.60. The normalized spacial score (nSPS) is 25.1. The van der Waals surface area contributed by atoms with E-state index in [-0.39, 0.29) is 24.1 Å². The molecule has 0 radical (unpaired) electrons. The third kappa shape index (κ3) is 5.97. The van der Waals surface area contributed by atoms with Crippen molar-refractivity contribution in [3.05, 3.63) is 49.9 Å². The van der Waals surface area contributed by atoms with Crippen molar-refractivity contribution < 1.29 is 19.0 Å². The summed E-state index contributed by atoms with van der Waals surface area (Å²) in [4.78, 5) is 32.0. The second kappa shape index (κ2) is 12.1. The number of benzene rings is 1. The molecule has 5 rings (SSSR count). The summed E-state index contributed by atoms with van der Waals surface area (Å²) in [5, 5.41) is 3.25. The summed E-state index contributed by atoms with van der Waals surface area (Å²) in [5.41, 5.74) is 2.23. The van der Waals surface area contributed by atoms with E-state index in [9.17, 15) is 9.59 Å². The van der Waals surface area contributed by atoms with E-state index in [2.05, 4.69) is 15.2 Å². The molecule has 1 aromatic carbocycles. The molecule has 1 aromatic heterocycles. The molecule has 0 unspecified atom stereocenters. The van der Waals surface area contributed by atoms with Crippen LogP contribution in [0.15, 0.2) is 21.8 Å². The van der Waals surface area contributed by atoms with Gasteiger partial charge < -0.3 is 24.5 Å². The van der Waals surface area contributed by atoms with Crippen molar-refractivity contribution in [2.45, 2.75) is 75.6 Å². The average Bonchev–Trinajstić information content (AvgIpc) is 3.43. The van der Waals surface area contributed by atoms with Gasteiger partial charge in [0.1, 0.15) is 12.7 Å². The Labute approximate surface area is 239 Å². The van der Waals surface area contributed by atoms with E-state index in [1.807, 2.05) is 26.2 Å². The predicted octanol–water partition coefficient (Wildman–Crippen LogP) is 4.72. The lowest BCUT2D eigenvalue weighted by atomic mass is 9.82. The van der Waals surface area contributed by atoms with Crippen LogP contribution < -0.4 is 20.3 Å². The van der Waals surface area contributed by atoms with Gasteiger partial charge in [0.25, 0.3) is 11.5 Å². The van der Waals surface area contributed by atoms with E-state index in [4.69, 9.17) is 25.8 Å². The fourth-order valence-corrected chi connectivity index (χ4v) is 7.17. The van der Waals surface area contributed by atoms with Gasteiger partial charge in [0.05, 0.1) is 11.1 Å². The van der Waals surface area contributed by atoms with Crippen LogP contribution in [0.1, 0.15) is 59.3 Å². The molecule has 2 atom stereocenters. The number of aryl methyl sites for hydroxylation is 1. The second-order valence-electron chi connectivity index (χ2n) is 10.9. The lowest BCUT2D eigenvalue weighted by molar-refractivity contribution is 0.0197. The molecule has 39 heavy (non-hydrogen) atoms. The van der Waals surface area contributed by atoms with Gasteiger partial charge in [-0.25, -0.2) is 0 Å². The molecule has 10 heteroatoms. The minimum atomic E-state index is -0.310. The third-order valence-electron chi connectivity index (χ3n) is 8.51. The Hall–Kier alpha value is -2.20. The minimum absolute atomic E-state index is 0.0768. The summed E-state index contributed by atoms with van der Waals surface area (Å²) >= 11 is 8.04. The quantitative estimate of drug-likeness (QED) is 0.462. The van der Waals surface area contributed by atoms with Gasteiger partial charge in [0, 0.05) is 60.1 Å². The molecule has 8 nitrogen and oxygen atoms in total. The van der Waals surface area contributed by atoms with Crippen LogP contribution in [0, 0.1) is 19.8 Å². The zero-order valence-corrected chi connectivity index (χ0v) is 24.7. The Morgan fingerprint density at radius 1 is 1.21 bits per heavy atom. The number of likely N-dealkylation sites (tertiary alicyclic amines) is 1. The van der Waals surface area contributed by atoms with Crippen LogP contribution in [0.2, 0.25) is 5.02 Å². The summed E-state index contributed by atoms with van der Waals surface area (Å²) in [6.07, 6.45) is 7.76. The van der Waals surface area contributed by atoms with Gasteiger partial charge >= 0.3 is 0 Å². The van der Waals surface area contributed by atoms with Crippen molar-refractivity contribution in [2.75, 3.05) is 33.1 Å². The van der Waals surface area contributed by atoms with Crippen molar-refractivity contribution >= 4 is 29.3 Å². The smallest absolute Gasteiger partial charge is 0.254 e. The molecule has 3 heterocycles. The van der Waals surface area contributed by atoms with E-state index in [1.54, 1.807) is 13.2 Å². The van der Waals surface area contributed by atoms with Crippen molar-refractivity contribution in [3.63, 3.8) is 0 Å². The lowest BCUT2D eigenvalue weighted by Gasteiger charge is -2.39. The summed E-state index contributed by atoms with van der Waals surface area (Å²) in [5.74, 6) is 1.13. The Kier molecular flexibility index (Phi) is 8.81. The number of H-pyrrole nitrogens is 1.